The molecule has 0 unspecified atom stereocenters. The topological polar surface area (TPSA) is 91.7 Å². The fraction of sp³-hybridized carbons (Fsp3) is 0.0500. The highest BCUT2D eigenvalue weighted by atomic mass is 79.9. The van der Waals surface area contributed by atoms with E-state index in [1.54, 1.807) is 67.0 Å². The van der Waals surface area contributed by atoms with Crippen LogP contribution in [0.2, 0.25) is 0 Å². The maximum absolute atomic E-state index is 13.2. The van der Waals surface area contributed by atoms with Crippen molar-refractivity contribution in [1.82, 2.24) is 10.4 Å². The first-order chi connectivity index (χ1) is 14.0. The van der Waals surface area contributed by atoms with Gasteiger partial charge >= 0.3 is 0 Å². The lowest BCUT2D eigenvalue weighted by atomic mass is 10.3. The van der Waals surface area contributed by atoms with Crippen LogP contribution in [0.25, 0.3) is 0 Å². The van der Waals surface area contributed by atoms with Gasteiger partial charge in [0, 0.05) is 22.4 Å². The molecule has 9 heteroatoms. The summed E-state index contributed by atoms with van der Waals surface area (Å²) >= 11 is 3.34. The number of halogens is 1. The number of rotatable bonds is 7. The summed E-state index contributed by atoms with van der Waals surface area (Å²) in [4.78, 5) is 16.5. The predicted molar refractivity (Wildman–Crippen MR) is 115 cm³/mol. The number of carbonyl (C=O) groups excluding carboxylic acids is 1. The summed E-state index contributed by atoms with van der Waals surface area (Å²) in [5.74, 6) is -0.579. The molecule has 0 spiro atoms. The van der Waals surface area contributed by atoms with Crippen LogP contribution in [0.3, 0.4) is 0 Å². The van der Waals surface area contributed by atoms with Crippen LogP contribution in [0.1, 0.15) is 5.56 Å². The molecule has 3 aromatic rings. The zero-order valence-corrected chi connectivity index (χ0v) is 17.5. The molecular weight excluding hydrogens is 456 g/mol. The van der Waals surface area contributed by atoms with Gasteiger partial charge in [-0.1, -0.05) is 46.3 Å². The van der Waals surface area contributed by atoms with E-state index in [1.165, 1.54) is 18.3 Å². The van der Waals surface area contributed by atoms with Crippen LogP contribution in [-0.2, 0) is 14.8 Å². The molecule has 0 saturated carbocycles. The number of nitrogens with one attached hydrogen (secondary N) is 1. The van der Waals surface area contributed by atoms with Crippen molar-refractivity contribution in [2.45, 2.75) is 4.90 Å². The third-order valence-corrected chi connectivity index (χ3v) is 6.08. The molecule has 2 aromatic carbocycles. The van der Waals surface area contributed by atoms with E-state index in [9.17, 15) is 13.2 Å². The Morgan fingerprint density at radius 2 is 1.90 bits per heavy atom. The van der Waals surface area contributed by atoms with E-state index in [4.69, 9.17) is 0 Å². The molecule has 0 saturated heterocycles. The highest BCUT2D eigenvalue weighted by Crippen LogP contribution is 2.26. The lowest BCUT2D eigenvalue weighted by Gasteiger charge is -2.23. The minimum atomic E-state index is -3.95. The second kappa shape index (κ2) is 9.44. The lowest BCUT2D eigenvalue weighted by molar-refractivity contribution is -0.119. The number of aromatic nitrogens is 1. The van der Waals surface area contributed by atoms with E-state index in [-0.39, 0.29) is 4.90 Å². The van der Waals surface area contributed by atoms with Gasteiger partial charge in [-0.15, -0.1) is 0 Å². The molecule has 0 aliphatic carbocycles. The fourth-order valence-corrected chi connectivity index (χ4v) is 4.28. The van der Waals surface area contributed by atoms with Crippen molar-refractivity contribution in [2.24, 2.45) is 5.10 Å². The molecule has 29 heavy (non-hydrogen) atoms. The number of anilines is 1. The van der Waals surface area contributed by atoms with E-state index in [0.717, 1.165) is 4.31 Å². The molecule has 0 aliphatic heterocycles. The first-order valence-electron chi connectivity index (χ1n) is 8.52. The van der Waals surface area contributed by atoms with Crippen LogP contribution < -0.4 is 9.73 Å². The van der Waals surface area contributed by atoms with Crippen molar-refractivity contribution >= 4 is 43.8 Å². The maximum atomic E-state index is 13.2. The average molecular weight is 473 g/mol. The Hall–Kier alpha value is -3.04. The Bertz CT molecular complexity index is 1110. The summed E-state index contributed by atoms with van der Waals surface area (Å²) in [6, 6.07) is 18.2. The van der Waals surface area contributed by atoms with Crippen molar-refractivity contribution in [3.8, 4) is 0 Å². The van der Waals surface area contributed by atoms with E-state index in [2.05, 4.69) is 31.4 Å². The second-order valence-electron chi connectivity index (χ2n) is 5.88. The van der Waals surface area contributed by atoms with Gasteiger partial charge in [-0.05, 0) is 36.4 Å². The van der Waals surface area contributed by atoms with Gasteiger partial charge in [-0.25, -0.2) is 13.8 Å². The summed E-state index contributed by atoms with van der Waals surface area (Å²) in [6.07, 6.45) is 4.64. The lowest BCUT2D eigenvalue weighted by Crippen LogP contribution is -2.39. The van der Waals surface area contributed by atoms with Crippen molar-refractivity contribution in [2.75, 3.05) is 10.8 Å². The molecule has 0 fully saturated rings. The smallest absolute Gasteiger partial charge is 0.264 e. The Kier molecular flexibility index (Phi) is 6.73. The zero-order valence-electron chi connectivity index (χ0n) is 15.1. The Morgan fingerprint density at radius 1 is 1.10 bits per heavy atom. The monoisotopic (exact) mass is 472 g/mol. The Balaban J connectivity index is 1.84. The maximum Gasteiger partial charge on any atom is 0.264 e. The highest BCUT2D eigenvalue weighted by Gasteiger charge is 2.27. The van der Waals surface area contributed by atoms with E-state index in [1.807, 2.05) is 0 Å². The third-order valence-electron chi connectivity index (χ3n) is 3.80. The number of benzene rings is 2. The van der Waals surface area contributed by atoms with E-state index >= 15 is 0 Å². The molecule has 1 heterocycles. The average Bonchev–Trinajstić information content (AvgIpc) is 2.73. The summed E-state index contributed by atoms with van der Waals surface area (Å²) in [6.45, 7) is -0.432. The number of hydrogen-bond donors (Lipinski definition) is 1. The van der Waals surface area contributed by atoms with Crippen molar-refractivity contribution in [3.05, 3.63) is 89.2 Å². The largest absolute Gasteiger partial charge is 0.271 e. The number of carbonyl (C=O) groups is 1. The van der Waals surface area contributed by atoms with Crippen LogP contribution >= 0.6 is 15.9 Å². The number of hydrazone groups is 1. The standard InChI is InChI=1S/C20H17BrN4O3S/c21-17-7-4-8-18(12-17)25(29(27,28)19-9-2-1-3-10-19)15-20(26)24-23-14-16-6-5-11-22-13-16/h1-14H,15H2,(H,24,26)/b23-14-. The first kappa shape index (κ1) is 20.7. The quantitative estimate of drug-likeness (QED) is 0.422. The van der Waals surface area contributed by atoms with Gasteiger partial charge in [-0.2, -0.15) is 5.10 Å². The van der Waals surface area contributed by atoms with Gasteiger partial charge < -0.3 is 0 Å². The summed E-state index contributed by atoms with van der Waals surface area (Å²) in [5, 5.41) is 3.87. The van der Waals surface area contributed by atoms with Crippen molar-refractivity contribution in [3.63, 3.8) is 0 Å². The third kappa shape index (κ3) is 5.49. The van der Waals surface area contributed by atoms with Gasteiger partial charge in [0.25, 0.3) is 15.9 Å². The molecule has 148 valence electrons. The Morgan fingerprint density at radius 3 is 2.59 bits per heavy atom. The van der Waals surface area contributed by atoms with Gasteiger partial charge in [0.05, 0.1) is 16.8 Å². The van der Waals surface area contributed by atoms with Gasteiger partial charge in [-0.3, -0.25) is 14.1 Å². The zero-order chi connectivity index (χ0) is 20.7. The van der Waals surface area contributed by atoms with Crippen LogP contribution in [0.15, 0.2) is 93.6 Å². The van der Waals surface area contributed by atoms with Crippen LogP contribution in [0.5, 0.6) is 0 Å². The number of hydrogen-bond acceptors (Lipinski definition) is 5. The summed E-state index contributed by atoms with van der Waals surface area (Å²) < 4.78 is 28.1. The normalized spacial score (nSPS) is 11.3. The minimum absolute atomic E-state index is 0.0895. The van der Waals surface area contributed by atoms with Gasteiger partial charge in [0.1, 0.15) is 6.54 Å². The summed E-state index contributed by atoms with van der Waals surface area (Å²) in [5.41, 5.74) is 3.41. The molecule has 0 aliphatic rings. The minimum Gasteiger partial charge on any atom is -0.271 e. The Labute approximate surface area is 177 Å². The van der Waals surface area contributed by atoms with Gasteiger partial charge in [0.15, 0.2) is 0 Å². The summed E-state index contributed by atoms with van der Waals surface area (Å²) in [7, 11) is -3.95. The number of pyridine rings is 1. The van der Waals surface area contributed by atoms with Crippen molar-refractivity contribution in [1.29, 1.82) is 0 Å². The number of sulfonamides is 1. The molecule has 1 N–H and O–H groups in total. The highest BCUT2D eigenvalue weighted by molar-refractivity contribution is 9.10. The van der Waals surface area contributed by atoms with E-state index < -0.39 is 22.5 Å². The number of nitrogens with zero attached hydrogens (tertiary/aromatic N) is 3. The van der Waals surface area contributed by atoms with Crippen LogP contribution in [0.4, 0.5) is 5.69 Å². The van der Waals surface area contributed by atoms with Gasteiger partial charge in [0.2, 0.25) is 0 Å². The van der Waals surface area contributed by atoms with Crippen LogP contribution in [-0.4, -0.2) is 32.1 Å². The molecule has 0 atom stereocenters. The SMILES string of the molecule is O=C(CN(c1cccc(Br)c1)S(=O)(=O)c1ccccc1)N/N=C\c1cccnc1. The molecular formula is C20H17BrN4O3S. The predicted octanol–water partition coefficient (Wildman–Crippen LogP) is 3.19. The van der Waals surface area contributed by atoms with E-state index in [0.29, 0.717) is 15.7 Å². The second-order valence-corrected chi connectivity index (χ2v) is 8.66. The first-order valence-corrected chi connectivity index (χ1v) is 10.8. The van der Waals surface area contributed by atoms with Crippen LogP contribution in [0, 0.1) is 0 Å². The molecule has 0 bridgehead atoms. The molecule has 0 radical (unpaired) electrons. The molecule has 3 rings (SSSR count). The molecule has 7 nitrogen and oxygen atoms in total. The molecule has 1 aromatic heterocycles. The fourth-order valence-electron chi connectivity index (χ4n) is 2.46. The number of amides is 1. The van der Waals surface area contributed by atoms with Crippen molar-refractivity contribution < 1.29 is 13.2 Å². The molecule has 1 amide bonds.